The summed E-state index contributed by atoms with van der Waals surface area (Å²) in [5.41, 5.74) is 2.42. The predicted molar refractivity (Wildman–Crippen MR) is 116 cm³/mol. The number of nitrogens with zero attached hydrogens (tertiary/aromatic N) is 2. The summed E-state index contributed by atoms with van der Waals surface area (Å²) in [5, 5.41) is 1.54. The number of aromatic nitrogens is 1. The maximum Gasteiger partial charge on any atom is 0.256 e. The lowest BCUT2D eigenvalue weighted by Gasteiger charge is -2.23. The Kier molecular flexibility index (Phi) is 6.84. The van der Waals surface area contributed by atoms with Crippen LogP contribution in [0.25, 0.3) is 0 Å². The van der Waals surface area contributed by atoms with Crippen molar-refractivity contribution in [3.8, 4) is 0 Å². The summed E-state index contributed by atoms with van der Waals surface area (Å²) in [5.74, 6) is -0.174. The van der Waals surface area contributed by atoms with E-state index in [9.17, 15) is 4.79 Å². The minimum Gasteiger partial charge on any atom is -0.345 e. The Morgan fingerprint density at radius 3 is 2.54 bits per heavy atom. The molecule has 1 amide bonds. The molecular formula is C22H19Cl3N2O. The standard InChI is InChI=1S/C22H19Cl3N2O/c1-2-11-27(22(28)19-10-9-17(23)13-21(19)25)15-18-7-5-12-26(18)14-16-6-3-4-8-20(16)24/h2-10,12-13H,1,11,14-15H2. The van der Waals surface area contributed by atoms with Crippen LogP contribution in [0.1, 0.15) is 21.6 Å². The Bertz CT molecular complexity index is 997. The quantitative estimate of drug-likeness (QED) is 0.400. The van der Waals surface area contributed by atoms with E-state index in [2.05, 4.69) is 11.1 Å². The summed E-state index contributed by atoms with van der Waals surface area (Å²) in [4.78, 5) is 14.7. The van der Waals surface area contributed by atoms with Gasteiger partial charge in [0.25, 0.3) is 5.91 Å². The lowest BCUT2D eigenvalue weighted by molar-refractivity contribution is 0.0759. The molecule has 0 aliphatic rings. The highest BCUT2D eigenvalue weighted by Crippen LogP contribution is 2.24. The molecule has 1 heterocycles. The van der Waals surface area contributed by atoms with Gasteiger partial charge in [0, 0.05) is 35.0 Å². The molecule has 3 rings (SSSR count). The van der Waals surface area contributed by atoms with E-state index in [-0.39, 0.29) is 5.91 Å². The van der Waals surface area contributed by atoms with Crippen LogP contribution in [0.2, 0.25) is 15.1 Å². The molecule has 2 aromatic carbocycles. The molecule has 144 valence electrons. The van der Waals surface area contributed by atoms with Crippen molar-refractivity contribution in [2.45, 2.75) is 13.1 Å². The molecule has 0 bridgehead atoms. The van der Waals surface area contributed by atoms with Gasteiger partial charge in [0.1, 0.15) is 0 Å². The van der Waals surface area contributed by atoms with Crippen LogP contribution in [-0.4, -0.2) is 21.9 Å². The topological polar surface area (TPSA) is 25.2 Å². The Morgan fingerprint density at radius 1 is 1.04 bits per heavy atom. The smallest absolute Gasteiger partial charge is 0.256 e. The monoisotopic (exact) mass is 432 g/mol. The summed E-state index contributed by atoms with van der Waals surface area (Å²) < 4.78 is 2.08. The molecule has 0 aliphatic heterocycles. The van der Waals surface area contributed by atoms with Gasteiger partial charge in [-0.05, 0) is 42.0 Å². The van der Waals surface area contributed by atoms with E-state index < -0.39 is 0 Å². The van der Waals surface area contributed by atoms with Crippen LogP contribution in [0.4, 0.5) is 0 Å². The van der Waals surface area contributed by atoms with Crippen molar-refractivity contribution < 1.29 is 4.79 Å². The van der Waals surface area contributed by atoms with Crippen LogP contribution in [0.5, 0.6) is 0 Å². The van der Waals surface area contributed by atoms with Crippen molar-refractivity contribution in [2.24, 2.45) is 0 Å². The first-order valence-corrected chi connectivity index (χ1v) is 9.85. The molecule has 3 nitrogen and oxygen atoms in total. The van der Waals surface area contributed by atoms with Crippen LogP contribution in [0.3, 0.4) is 0 Å². The second-order valence-electron chi connectivity index (χ2n) is 6.32. The number of carbonyl (C=O) groups excluding carboxylic acids is 1. The highest BCUT2D eigenvalue weighted by molar-refractivity contribution is 6.36. The first-order valence-electron chi connectivity index (χ1n) is 8.72. The second-order valence-corrected chi connectivity index (χ2v) is 7.57. The number of amides is 1. The van der Waals surface area contributed by atoms with E-state index in [0.717, 1.165) is 11.3 Å². The SMILES string of the molecule is C=CCN(Cc1cccn1Cc1ccccc1Cl)C(=O)c1ccc(Cl)cc1Cl. The third-order valence-electron chi connectivity index (χ3n) is 4.37. The van der Waals surface area contributed by atoms with Crippen molar-refractivity contribution >= 4 is 40.7 Å². The molecule has 0 fully saturated rings. The first-order chi connectivity index (χ1) is 13.5. The first kappa shape index (κ1) is 20.5. The van der Waals surface area contributed by atoms with Crippen LogP contribution in [0.15, 0.2) is 73.4 Å². The molecule has 0 saturated carbocycles. The molecule has 3 aromatic rings. The van der Waals surface area contributed by atoms with Crippen molar-refractivity contribution in [1.82, 2.24) is 9.47 Å². The third kappa shape index (κ3) is 4.79. The van der Waals surface area contributed by atoms with Crippen molar-refractivity contribution in [2.75, 3.05) is 6.54 Å². The Hall–Kier alpha value is -2.20. The van der Waals surface area contributed by atoms with E-state index in [1.54, 1.807) is 29.2 Å². The van der Waals surface area contributed by atoms with E-state index in [1.165, 1.54) is 0 Å². The van der Waals surface area contributed by atoms with Crippen molar-refractivity contribution in [1.29, 1.82) is 0 Å². The Morgan fingerprint density at radius 2 is 1.82 bits per heavy atom. The van der Waals surface area contributed by atoms with Gasteiger partial charge in [-0.3, -0.25) is 4.79 Å². The number of carbonyl (C=O) groups is 1. The fraction of sp³-hybridized carbons (Fsp3) is 0.136. The van der Waals surface area contributed by atoms with Gasteiger partial charge in [-0.2, -0.15) is 0 Å². The number of hydrogen-bond acceptors (Lipinski definition) is 1. The molecule has 0 radical (unpaired) electrons. The molecule has 0 saturated heterocycles. The molecule has 1 aromatic heterocycles. The molecule has 28 heavy (non-hydrogen) atoms. The van der Waals surface area contributed by atoms with Crippen LogP contribution >= 0.6 is 34.8 Å². The van der Waals surface area contributed by atoms with Gasteiger partial charge in [-0.25, -0.2) is 0 Å². The summed E-state index contributed by atoms with van der Waals surface area (Å²) in [6.07, 6.45) is 3.67. The minimum absolute atomic E-state index is 0.174. The average Bonchev–Trinajstić information content (AvgIpc) is 3.09. The molecule has 0 aliphatic carbocycles. The number of hydrogen-bond donors (Lipinski definition) is 0. The molecule has 0 atom stereocenters. The largest absolute Gasteiger partial charge is 0.345 e. The zero-order valence-electron chi connectivity index (χ0n) is 15.1. The van der Waals surface area contributed by atoms with Gasteiger partial charge in [0.05, 0.1) is 17.1 Å². The highest BCUT2D eigenvalue weighted by atomic mass is 35.5. The Balaban J connectivity index is 1.84. The van der Waals surface area contributed by atoms with Crippen LogP contribution in [-0.2, 0) is 13.1 Å². The zero-order valence-corrected chi connectivity index (χ0v) is 17.4. The predicted octanol–water partition coefficient (Wildman–Crippen LogP) is 6.33. The van der Waals surface area contributed by atoms with E-state index >= 15 is 0 Å². The summed E-state index contributed by atoms with van der Waals surface area (Å²) in [7, 11) is 0. The maximum absolute atomic E-state index is 13.0. The van der Waals surface area contributed by atoms with Crippen molar-refractivity contribution in [3.05, 3.63) is 105 Å². The van der Waals surface area contributed by atoms with Gasteiger partial charge in [-0.1, -0.05) is 59.1 Å². The number of rotatable bonds is 7. The summed E-state index contributed by atoms with van der Waals surface area (Å²) in [6, 6.07) is 16.6. The minimum atomic E-state index is -0.174. The summed E-state index contributed by atoms with van der Waals surface area (Å²) in [6.45, 7) is 5.21. The Labute approximate surface area is 179 Å². The van der Waals surface area contributed by atoms with E-state index in [4.69, 9.17) is 34.8 Å². The highest BCUT2D eigenvalue weighted by Gasteiger charge is 2.19. The van der Waals surface area contributed by atoms with Gasteiger partial charge < -0.3 is 9.47 Å². The zero-order chi connectivity index (χ0) is 20.1. The second kappa shape index (κ2) is 9.33. The van der Waals surface area contributed by atoms with Crippen molar-refractivity contribution in [3.63, 3.8) is 0 Å². The molecular weight excluding hydrogens is 415 g/mol. The fourth-order valence-corrected chi connectivity index (χ4v) is 3.65. The molecule has 0 unspecified atom stereocenters. The summed E-state index contributed by atoms with van der Waals surface area (Å²) >= 11 is 18.5. The fourth-order valence-electron chi connectivity index (χ4n) is 2.96. The lowest BCUT2D eigenvalue weighted by Crippen LogP contribution is -2.31. The van der Waals surface area contributed by atoms with Crippen LogP contribution in [0, 0.1) is 0 Å². The van der Waals surface area contributed by atoms with Gasteiger partial charge >= 0.3 is 0 Å². The third-order valence-corrected chi connectivity index (χ3v) is 5.29. The number of halogens is 3. The average molecular weight is 434 g/mol. The molecule has 0 spiro atoms. The van der Waals surface area contributed by atoms with E-state index in [1.807, 2.05) is 42.6 Å². The van der Waals surface area contributed by atoms with Gasteiger partial charge in [0.2, 0.25) is 0 Å². The lowest BCUT2D eigenvalue weighted by atomic mass is 10.2. The number of benzene rings is 2. The normalized spacial score (nSPS) is 10.7. The molecule has 0 N–H and O–H groups in total. The van der Waals surface area contributed by atoms with Crippen LogP contribution < -0.4 is 0 Å². The van der Waals surface area contributed by atoms with Gasteiger partial charge in [0.15, 0.2) is 0 Å². The van der Waals surface area contributed by atoms with E-state index in [0.29, 0.717) is 40.3 Å². The van der Waals surface area contributed by atoms with Gasteiger partial charge in [-0.15, -0.1) is 6.58 Å². The maximum atomic E-state index is 13.0. The molecule has 6 heteroatoms.